The predicted molar refractivity (Wildman–Crippen MR) is 83.8 cm³/mol. The van der Waals surface area contributed by atoms with Crippen LogP contribution in [0.5, 0.6) is 11.5 Å². The first-order valence-electron chi connectivity index (χ1n) is 7.18. The van der Waals surface area contributed by atoms with E-state index >= 15 is 0 Å². The number of ether oxygens (including phenoxy) is 1. The molecule has 2 aromatic rings. The van der Waals surface area contributed by atoms with Gasteiger partial charge < -0.3 is 24.7 Å². The van der Waals surface area contributed by atoms with Gasteiger partial charge in [-0.25, -0.2) is 4.79 Å². The smallest absolute Gasteiger partial charge is 0.340 e. The van der Waals surface area contributed by atoms with Crippen LogP contribution in [0, 0.1) is 6.92 Å². The van der Waals surface area contributed by atoms with Crippen LogP contribution in [0.3, 0.4) is 0 Å². The Hall–Kier alpha value is -2.54. The van der Waals surface area contributed by atoms with Gasteiger partial charge in [0.05, 0.1) is 12.0 Å². The Labute approximate surface area is 132 Å². The molecule has 0 saturated heterocycles. The minimum Gasteiger partial charge on any atom is -0.504 e. The summed E-state index contributed by atoms with van der Waals surface area (Å²) in [5.74, 6) is -1.15. The molecule has 0 bridgehead atoms. The fourth-order valence-corrected chi connectivity index (χ4v) is 2.30. The minimum atomic E-state index is -0.706. The van der Waals surface area contributed by atoms with Gasteiger partial charge in [-0.15, -0.1) is 0 Å². The number of benzene rings is 1. The number of phenolic OH excluding ortho intramolecular Hbond substituents is 2. The van der Waals surface area contributed by atoms with Crippen molar-refractivity contribution in [2.24, 2.45) is 0 Å². The fourth-order valence-electron chi connectivity index (χ4n) is 2.30. The first-order chi connectivity index (χ1) is 11.0. The van der Waals surface area contributed by atoms with E-state index in [0.717, 1.165) is 0 Å². The molecule has 1 aromatic carbocycles. The van der Waals surface area contributed by atoms with E-state index in [1.54, 1.807) is 14.0 Å². The topological polar surface area (TPSA) is 109 Å². The molecule has 3 N–H and O–H groups in total. The number of phenols is 2. The number of nitrogens with one attached hydrogen (secondary N) is 1. The van der Waals surface area contributed by atoms with Gasteiger partial charge in [-0.3, -0.25) is 4.79 Å². The van der Waals surface area contributed by atoms with Crippen molar-refractivity contribution in [3.05, 3.63) is 33.7 Å². The molecule has 0 fully saturated rings. The van der Waals surface area contributed by atoms with E-state index in [1.807, 2.05) is 0 Å². The molecule has 7 heteroatoms. The van der Waals surface area contributed by atoms with Crippen molar-refractivity contribution < 1.29 is 24.2 Å². The van der Waals surface area contributed by atoms with Crippen LogP contribution in [-0.2, 0) is 16.0 Å². The SMILES string of the molecule is COCCCNC(=O)Cc1c(C)c2ccc(O)c(O)c2oc1=O. The lowest BCUT2D eigenvalue weighted by Crippen LogP contribution is -2.29. The first-order valence-corrected chi connectivity index (χ1v) is 7.18. The molecular formula is C16H19NO6. The molecule has 0 saturated carbocycles. The molecule has 23 heavy (non-hydrogen) atoms. The quantitative estimate of drug-likeness (QED) is 0.419. The van der Waals surface area contributed by atoms with Crippen LogP contribution in [-0.4, -0.2) is 36.4 Å². The van der Waals surface area contributed by atoms with E-state index in [1.165, 1.54) is 12.1 Å². The van der Waals surface area contributed by atoms with Gasteiger partial charge in [0.15, 0.2) is 11.3 Å². The molecule has 1 amide bonds. The average molecular weight is 321 g/mol. The second kappa shape index (κ2) is 7.15. The van der Waals surface area contributed by atoms with Gasteiger partial charge in [0.1, 0.15) is 0 Å². The maximum Gasteiger partial charge on any atom is 0.340 e. The Morgan fingerprint density at radius 1 is 1.35 bits per heavy atom. The molecule has 1 heterocycles. The normalized spacial score (nSPS) is 10.9. The summed E-state index contributed by atoms with van der Waals surface area (Å²) in [6.45, 7) is 2.67. The van der Waals surface area contributed by atoms with Gasteiger partial charge in [-0.1, -0.05) is 0 Å². The summed E-state index contributed by atoms with van der Waals surface area (Å²) in [7, 11) is 1.58. The Bertz CT molecular complexity index is 780. The highest BCUT2D eigenvalue weighted by Crippen LogP contribution is 2.34. The molecule has 7 nitrogen and oxygen atoms in total. The average Bonchev–Trinajstić information content (AvgIpc) is 2.52. The van der Waals surface area contributed by atoms with Crippen LogP contribution in [0.1, 0.15) is 17.5 Å². The number of methoxy groups -OCH3 is 1. The minimum absolute atomic E-state index is 0.0863. The Balaban J connectivity index is 2.26. The Kier molecular flexibility index (Phi) is 5.23. The highest BCUT2D eigenvalue weighted by molar-refractivity contribution is 5.89. The van der Waals surface area contributed by atoms with Crippen molar-refractivity contribution in [2.45, 2.75) is 19.8 Å². The summed E-state index contributed by atoms with van der Waals surface area (Å²) in [4.78, 5) is 24.0. The number of aromatic hydroxyl groups is 2. The highest BCUT2D eigenvalue weighted by Gasteiger charge is 2.17. The lowest BCUT2D eigenvalue weighted by atomic mass is 10.0. The van der Waals surface area contributed by atoms with Gasteiger partial charge >= 0.3 is 5.63 Å². The van der Waals surface area contributed by atoms with Crippen LogP contribution in [0.15, 0.2) is 21.3 Å². The van der Waals surface area contributed by atoms with Crippen molar-refractivity contribution in [2.75, 3.05) is 20.3 Å². The zero-order valence-electron chi connectivity index (χ0n) is 13.0. The summed E-state index contributed by atoms with van der Waals surface area (Å²) in [6, 6.07) is 2.84. The third-order valence-electron chi connectivity index (χ3n) is 3.59. The van der Waals surface area contributed by atoms with Gasteiger partial charge in [0.25, 0.3) is 0 Å². The van der Waals surface area contributed by atoms with Crippen molar-refractivity contribution in [1.29, 1.82) is 0 Å². The van der Waals surface area contributed by atoms with Crippen LogP contribution in [0.25, 0.3) is 11.0 Å². The number of carbonyl (C=O) groups is 1. The van der Waals surface area contributed by atoms with E-state index in [-0.39, 0.29) is 29.2 Å². The predicted octanol–water partition coefficient (Wildman–Crippen LogP) is 1.21. The molecule has 2 rings (SSSR count). The Morgan fingerprint density at radius 3 is 2.78 bits per heavy atom. The summed E-state index contributed by atoms with van der Waals surface area (Å²) in [5.41, 5.74) is -0.0230. The number of amides is 1. The number of fused-ring (bicyclic) bond motifs is 1. The van der Waals surface area contributed by atoms with Crippen molar-refractivity contribution in [3.8, 4) is 11.5 Å². The molecule has 0 radical (unpaired) electrons. The number of rotatable bonds is 6. The molecule has 0 unspecified atom stereocenters. The lowest BCUT2D eigenvalue weighted by molar-refractivity contribution is -0.120. The third kappa shape index (κ3) is 3.62. The molecular weight excluding hydrogens is 302 g/mol. The monoisotopic (exact) mass is 321 g/mol. The number of carbonyl (C=O) groups excluding carboxylic acids is 1. The van der Waals surface area contributed by atoms with E-state index in [0.29, 0.717) is 30.5 Å². The van der Waals surface area contributed by atoms with Gasteiger partial charge in [-0.05, 0) is 31.0 Å². The Morgan fingerprint density at radius 2 is 2.09 bits per heavy atom. The first kappa shape index (κ1) is 16.8. The third-order valence-corrected chi connectivity index (χ3v) is 3.59. The number of hydrogen-bond donors (Lipinski definition) is 3. The van der Waals surface area contributed by atoms with Crippen LogP contribution < -0.4 is 10.9 Å². The maximum absolute atomic E-state index is 12.1. The van der Waals surface area contributed by atoms with Crippen LogP contribution >= 0.6 is 0 Å². The molecule has 0 aliphatic rings. The van der Waals surface area contributed by atoms with Gasteiger partial charge in [0, 0.05) is 25.6 Å². The maximum atomic E-state index is 12.1. The standard InChI is InChI=1S/C16H19NO6/c1-9-10-4-5-12(18)14(20)15(10)23-16(21)11(9)8-13(19)17-6-3-7-22-2/h4-5,18,20H,3,6-8H2,1-2H3,(H,17,19). The van der Waals surface area contributed by atoms with Crippen LogP contribution in [0.4, 0.5) is 0 Å². The van der Waals surface area contributed by atoms with E-state index in [2.05, 4.69) is 5.32 Å². The van der Waals surface area contributed by atoms with Crippen molar-refractivity contribution in [1.82, 2.24) is 5.32 Å². The molecule has 124 valence electrons. The van der Waals surface area contributed by atoms with E-state index in [9.17, 15) is 19.8 Å². The summed E-state index contributed by atoms with van der Waals surface area (Å²) < 4.78 is 9.95. The second-order valence-electron chi connectivity index (χ2n) is 5.18. The summed E-state index contributed by atoms with van der Waals surface area (Å²) >= 11 is 0. The van der Waals surface area contributed by atoms with E-state index < -0.39 is 11.4 Å². The molecule has 0 spiro atoms. The molecule has 1 aromatic heterocycles. The molecule has 0 atom stereocenters. The van der Waals surface area contributed by atoms with Crippen molar-refractivity contribution >= 4 is 16.9 Å². The largest absolute Gasteiger partial charge is 0.504 e. The van der Waals surface area contributed by atoms with E-state index in [4.69, 9.17) is 9.15 Å². The zero-order valence-corrected chi connectivity index (χ0v) is 13.0. The number of hydrogen-bond acceptors (Lipinski definition) is 6. The summed E-state index contributed by atoms with van der Waals surface area (Å²) in [5, 5.41) is 22.4. The van der Waals surface area contributed by atoms with Crippen LogP contribution in [0.2, 0.25) is 0 Å². The fraction of sp³-hybridized carbons (Fsp3) is 0.375. The van der Waals surface area contributed by atoms with Gasteiger partial charge in [0.2, 0.25) is 11.7 Å². The summed E-state index contributed by atoms with van der Waals surface area (Å²) in [6.07, 6.45) is 0.569. The molecule has 0 aliphatic carbocycles. The number of aryl methyl sites for hydroxylation is 1. The van der Waals surface area contributed by atoms with Gasteiger partial charge in [-0.2, -0.15) is 0 Å². The zero-order chi connectivity index (χ0) is 17.0. The molecule has 0 aliphatic heterocycles. The highest BCUT2D eigenvalue weighted by atomic mass is 16.5. The lowest BCUT2D eigenvalue weighted by Gasteiger charge is -2.09. The second-order valence-corrected chi connectivity index (χ2v) is 5.18. The van der Waals surface area contributed by atoms with Crippen molar-refractivity contribution in [3.63, 3.8) is 0 Å².